The largest absolute Gasteiger partial charge is 1.00 e. The number of aromatic nitrogens is 4. The molecule has 2 aliphatic rings. The Hall–Kier alpha value is -2.77. The van der Waals surface area contributed by atoms with Crippen LogP contribution in [0, 0.1) is 5.92 Å². The van der Waals surface area contributed by atoms with Crippen LogP contribution in [0.25, 0.3) is 33.7 Å². The number of imidazole rings is 1. The van der Waals surface area contributed by atoms with Crippen LogP contribution in [0.4, 0.5) is 0 Å². The summed E-state index contributed by atoms with van der Waals surface area (Å²) in [4.78, 5) is 19.1. The lowest BCUT2D eigenvalue weighted by atomic mass is 9.82. The molecule has 194 valence electrons. The number of nitrogens with zero attached hydrogens (tertiary/aromatic N) is 4. The van der Waals surface area contributed by atoms with Gasteiger partial charge in [0, 0.05) is 22.5 Å². The maximum atomic E-state index is 14.1. The zero-order chi connectivity index (χ0) is 24.3. The quantitative estimate of drug-likeness (QED) is 0.406. The maximum absolute atomic E-state index is 14.1. The van der Waals surface area contributed by atoms with Gasteiger partial charge in [0.2, 0.25) is 5.91 Å². The number of para-hydroxylation sites is 2. The molecule has 0 aliphatic heterocycles. The fourth-order valence-corrected chi connectivity index (χ4v) is 6.60. The Morgan fingerprint density at radius 3 is 2.30 bits per heavy atom. The number of rotatable bonds is 6. The minimum absolute atomic E-state index is 0. The van der Waals surface area contributed by atoms with Crippen molar-refractivity contribution < 1.29 is 18.6 Å². The molecule has 2 aromatic heterocycles. The van der Waals surface area contributed by atoms with Crippen molar-refractivity contribution in [3.05, 3.63) is 53.9 Å². The Bertz CT molecular complexity index is 1310. The first-order valence-corrected chi connectivity index (χ1v) is 14.3. The first-order valence-electron chi connectivity index (χ1n) is 13.4. The molecule has 1 N–H and O–H groups in total. The predicted octanol–water partition coefficient (Wildman–Crippen LogP) is 3.91. The summed E-state index contributed by atoms with van der Waals surface area (Å²) in [6.07, 6.45) is 11.7. The summed E-state index contributed by atoms with van der Waals surface area (Å²) in [5.74, 6) is 1.36. The summed E-state index contributed by atoms with van der Waals surface area (Å²) < 4.78 is 6.25. The Kier molecular flexibility index (Phi) is 8.20. The first kappa shape index (κ1) is 25.9. The van der Waals surface area contributed by atoms with Crippen LogP contribution in [0.2, 0.25) is 0 Å². The summed E-state index contributed by atoms with van der Waals surface area (Å²) in [5, 5.41) is 9.64. The Labute approximate surface area is 230 Å². The van der Waals surface area contributed by atoms with Gasteiger partial charge < -0.3 is 22.3 Å². The van der Waals surface area contributed by atoms with Crippen molar-refractivity contribution in [2.45, 2.75) is 76.3 Å². The van der Waals surface area contributed by atoms with Crippen molar-refractivity contribution in [1.29, 1.82) is 0 Å². The fraction of sp³-hybridized carbons (Fsp3) is 0.448. The number of carbonyl (C=O) groups is 1. The lowest BCUT2D eigenvalue weighted by molar-refractivity contribution is -0.127. The Morgan fingerprint density at radius 2 is 1.59 bits per heavy atom. The highest BCUT2D eigenvalue weighted by atomic mass is 35.5. The number of fused-ring (bicyclic) bond motifs is 1. The molecule has 1 amide bonds. The number of halogens is 1. The summed E-state index contributed by atoms with van der Waals surface area (Å²) in [6.45, 7) is 0. The Balaban J connectivity index is 0.00000168. The highest BCUT2D eigenvalue weighted by molar-refractivity contribution is 7.03. The van der Waals surface area contributed by atoms with E-state index in [0.29, 0.717) is 12.0 Å². The van der Waals surface area contributed by atoms with Crippen LogP contribution in [0.3, 0.4) is 0 Å². The zero-order valence-corrected chi connectivity index (χ0v) is 22.6. The third-order valence-electron chi connectivity index (χ3n) is 7.99. The van der Waals surface area contributed by atoms with Crippen LogP contribution < -0.4 is 17.7 Å². The summed E-state index contributed by atoms with van der Waals surface area (Å²) >= 11 is 1.36. The van der Waals surface area contributed by atoms with Gasteiger partial charge in [-0.15, -0.1) is 5.10 Å². The van der Waals surface area contributed by atoms with Gasteiger partial charge in [-0.1, -0.05) is 79.4 Å². The number of hydrogen-bond acceptors (Lipinski definition) is 5. The van der Waals surface area contributed by atoms with Crippen molar-refractivity contribution in [3.8, 4) is 22.6 Å². The monoisotopic (exact) mass is 535 g/mol. The molecule has 4 aromatic rings. The summed E-state index contributed by atoms with van der Waals surface area (Å²) in [6, 6.07) is 16.7. The van der Waals surface area contributed by atoms with Gasteiger partial charge in [0.05, 0.1) is 11.0 Å². The van der Waals surface area contributed by atoms with E-state index < -0.39 is 0 Å². The van der Waals surface area contributed by atoms with E-state index in [1.165, 1.54) is 50.1 Å². The molecule has 1 unspecified atom stereocenters. The van der Waals surface area contributed by atoms with Crippen LogP contribution in [-0.2, 0) is 4.79 Å². The average Bonchev–Trinajstić information content (AvgIpc) is 3.60. The van der Waals surface area contributed by atoms with E-state index in [-0.39, 0.29) is 25.8 Å². The van der Waals surface area contributed by atoms with Crippen LogP contribution in [-0.4, -0.2) is 31.1 Å². The molecule has 0 saturated heterocycles. The second-order valence-corrected chi connectivity index (χ2v) is 11.0. The van der Waals surface area contributed by atoms with E-state index >= 15 is 0 Å². The van der Waals surface area contributed by atoms with Gasteiger partial charge in [0.15, 0.2) is 0 Å². The predicted molar refractivity (Wildman–Crippen MR) is 146 cm³/mol. The molecule has 2 fully saturated rings. The number of amides is 1. The third kappa shape index (κ3) is 5.43. The molecular formula is C29H34ClN5OS. The molecule has 2 aromatic carbocycles. The molecule has 2 aliphatic carbocycles. The minimum Gasteiger partial charge on any atom is -1.00 e. The van der Waals surface area contributed by atoms with E-state index in [1.807, 2.05) is 11.4 Å². The van der Waals surface area contributed by atoms with Gasteiger partial charge in [-0.25, -0.2) is 4.98 Å². The van der Waals surface area contributed by atoms with Crippen molar-refractivity contribution in [3.63, 3.8) is 0 Å². The van der Waals surface area contributed by atoms with Crippen LogP contribution in [0.15, 0.2) is 53.9 Å². The maximum Gasteiger partial charge on any atom is 1.00 e. The van der Waals surface area contributed by atoms with E-state index in [9.17, 15) is 4.79 Å². The molecule has 1 atom stereocenters. The molecule has 0 radical (unpaired) electrons. The fourth-order valence-electron chi connectivity index (χ4n) is 6.14. The number of nitrogens with one attached hydrogen (secondary N) is 1. The highest BCUT2D eigenvalue weighted by Gasteiger charge is 2.35. The topological polar surface area (TPSA) is 72.7 Å². The summed E-state index contributed by atoms with van der Waals surface area (Å²) in [5.41, 5.74) is 4.91. The van der Waals surface area contributed by atoms with Gasteiger partial charge in [-0.3, -0.25) is 4.79 Å². The molecule has 37 heavy (non-hydrogen) atoms. The molecule has 6 nitrogen and oxygen atoms in total. The number of carbonyl (C=O) groups excluding carboxylic acids is 1. The van der Waals surface area contributed by atoms with Crippen LogP contribution >= 0.6 is 11.5 Å². The van der Waals surface area contributed by atoms with Gasteiger partial charge in [0.25, 0.3) is 0 Å². The molecule has 0 bridgehead atoms. The molecule has 2 heterocycles. The standard InChI is InChI=1S/C29H33N5OS.ClH/c35-29(30-23-11-5-2-6-12-23)27(21-9-3-1-4-10-21)34-26-14-8-7-13-24(26)31-28(34)22-17-15-20(16-18-22)25-19-36-33-32-25;/h7-8,13-19,21,23,27H,1-6,9-12H2,(H,30,35);1H. The second kappa shape index (κ2) is 11.7. The van der Waals surface area contributed by atoms with Gasteiger partial charge in [-0.05, 0) is 55.3 Å². The van der Waals surface area contributed by atoms with Crippen molar-refractivity contribution in [2.24, 2.45) is 5.92 Å². The number of hydrogen-bond donors (Lipinski definition) is 1. The lowest BCUT2D eigenvalue weighted by Gasteiger charge is -2.33. The van der Waals surface area contributed by atoms with Crippen LogP contribution in [0.1, 0.15) is 71.7 Å². The first-order chi connectivity index (χ1) is 17.8. The minimum atomic E-state index is -0.253. The van der Waals surface area contributed by atoms with E-state index in [2.05, 4.69) is 61.9 Å². The normalized spacial score (nSPS) is 17.8. The second-order valence-electron chi connectivity index (χ2n) is 10.3. The van der Waals surface area contributed by atoms with E-state index in [4.69, 9.17) is 4.98 Å². The SMILES string of the molecule is O=C(NC1CCCCC1)C(C1CCCCC1)n1c(-c2ccc(-c3csnn3)cc2)nc2ccccc21.[Cl-].[H+]. The zero-order valence-electron chi connectivity index (χ0n) is 22.0. The van der Waals surface area contributed by atoms with Crippen molar-refractivity contribution >= 4 is 28.5 Å². The molecule has 8 heteroatoms. The third-order valence-corrected chi connectivity index (χ3v) is 8.49. The molecule has 2 saturated carbocycles. The number of benzene rings is 2. The van der Waals surface area contributed by atoms with Gasteiger partial charge in [0.1, 0.15) is 17.6 Å². The molecular weight excluding hydrogens is 502 g/mol. The van der Waals surface area contributed by atoms with Gasteiger partial charge in [-0.2, -0.15) is 0 Å². The smallest absolute Gasteiger partial charge is 1.00 e. The van der Waals surface area contributed by atoms with E-state index in [1.54, 1.807) is 0 Å². The van der Waals surface area contributed by atoms with Crippen LogP contribution in [0.5, 0.6) is 0 Å². The average molecular weight is 536 g/mol. The molecule has 6 rings (SSSR count). The van der Waals surface area contributed by atoms with Crippen molar-refractivity contribution in [1.82, 2.24) is 24.5 Å². The van der Waals surface area contributed by atoms with E-state index in [0.717, 1.165) is 59.4 Å². The lowest BCUT2D eigenvalue weighted by Crippen LogP contribution is -3.00. The van der Waals surface area contributed by atoms with Crippen molar-refractivity contribution in [2.75, 3.05) is 0 Å². The highest BCUT2D eigenvalue weighted by Crippen LogP contribution is 2.39. The van der Waals surface area contributed by atoms with Gasteiger partial charge >= 0.3 is 1.43 Å². The Morgan fingerprint density at radius 1 is 0.919 bits per heavy atom. The molecule has 0 spiro atoms. The summed E-state index contributed by atoms with van der Waals surface area (Å²) in [7, 11) is 0.